The van der Waals surface area contributed by atoms with Gasteiger partial charge >= 0.3 is 17.9 Å². The van der Waals surface area contributed by atoms with Crippen LogP contribution in [-0.2, 0) is 28.6 Å². The van der Waals surface area contributed by atoms with Crippen molar-refractivity contribution in [3.05, 3.63) is 48.6 Å². The molecule has 0 aromatic heterocycles. The summed E-state index contributed by atoms with van der Waals surface area (Å²) in [6.45, 7) is 6.60. The van der Waals surface area contributed by atoms with E-state index in [1.165, 1.54) is 238 Å². The largest absolute Gasteiger partial charge is 0.462 e. The fourth-order valence-corrected chi connectivity index (χ4v) is 10.1. The third-order valence-corrected chi connectivity index (χ3v) is 15.1. The third kappa shape index (κ3) is 62.2. The number of rotatable bonds is 62. The first-order chi connectivity index (χ1) is 37.5. The first-order valence-electron chi connectivity index (χ1n) is 33.6. The van der Waals surface area contributed by atoms with Gasteiger partial charge in [0.15, 0.2) is 6.10 Å². The van der Waals surface area contributed by atoms with Crippen molar-refractivity contribution in [3.8, 4) is 0 Å². The Labute approximate surface area is 473 Å². The van der Waals surface area contributed by atoms with Crippen LogP contribution in [0, 0.1) is 0 Å². The molecular formula is C70H128O6. The molecule has 0 amide bonds. The molecule has 0 spiro atoms. The van der Waals surface area contributed by atoms with E-state index in [2.05, 4.69) is 69.4 Å². The van der Waals surface area contributed by atoms with E-state index in [1.54, 1.807) is 0 Å². The van der Waals surface area contributed by atoms with Gasteiger partial charge in [0.1, 0.15) is 13.2 Å². The van der Waals surface area contributed by atoms with Gasteiger partial charge in [0.2, 0.25) is 0 Å². The van der Waals surface area contributed by atoms with Crippen molar-refractivity contribution >= 4 is 17.9 Å². The van der Waals surface area contributed by atoms with Crippen LogP contribution in [0.4, 0.5) is 0 Å². The Kier molecular flexibility index (Phi) is 62.6. The molecule has 0 radical (unpaired) electrons. The van der Waals surface area contributed by atoms with Gasteiger partial charge in [-0.2, -0.15) is 0 Å². The molecule has 0 aliphatic heterocycles. The zero-order valence-electron chi connectivity index (χ0n) is 51.0. The molecule has 0 N–H and O–H groups in total. The lowest BCUT2D eigenvalue weighted by Gasteiger charge is -2.18. The quantitative estimate of drug-likeness (QED) is 0.0261. The summed E-state index contributed by atoms with van der Waals surface area (Å²) in [5, 5.41) is 0. The Bertz CT molecular complexity index is 1310. The summed E-state index contributed by atoms with van der Waals surface area (Å²) in [6.07, 6.45) is 81.2. The molecular weight excluding hydrogens is 937 g/mol. The molecule has 76 heavy (non-hydrogen) atoms. The molecule has 0 aliphatic carbocycles. The van der Waals surface area contributed by atoms with E-state index in [0.29, 0.717) is 19.3 Å². The van der Waals surface area contributed by atoms with E-state index in [9.17, 15) is 14.4 Å². The average molecular weight is 1070 g/mol. The molecule has 0 aromatic carbocycles. The van der Waals surface area contributed by atoms with Crippen LogP contribution in [0.15, 0.2) is 48.6 Å². The molecule has 0 saturated carbocycles. The van der Waals surface area contributed by atoms with Crippen LogP contribution in [0.5, 0.6) is 0 Å². The van der Waals surface area contributed by atoms with Crippen molar-refractivity contribution in [2.24, 2.45) is 0 Å². The third-order valence-electron chi connectivity index (χ3n) is 15.1. The maximum Gasteiger partial charge on any atom is 0.306 e. The Balaban J connectivity index is 4.27. The number of unbranched alkanes of at least 4 members (excludes halogenated alkanes) is 43. The molecule has 0 bridgehead atoms. The second-order valence-electron chi connectivity index (χ2n) is 22.7. The highest BCUT2D eigenvalue weighted by Crippen LogP contribution is 2.18. The predicted octanol–water partition coefficient (Wildman–Crippen LogP) is 22.9. The van der Waals surface area contributed by atoms with Gasteiger partial charge in [-0.15, -0.1) is 0 Å². The van der Waals surface area contributed by atoms with Gasteiger partial charge in [0.25, 0.3) is 0 Å². The first kappa shape index (κ1) is 73.4. The van der Waals surface area contributed by atoms with Crippen LogP contribution in [0.3, 0.4) is 0 Å². The molecule has 0 fully saturated rings. The van der Waals surface area contributed by atoms with E-state index in [-0.39, 0.29) is 31.1 Å². The fourth-order valence-electron chi connectivity index (χ4n) is 10.1. The van der Waals surface area contributed by atoms with Crippen molar-refractivity contribution in [2.45, 2.75) is 367 Å². The normalized spacial score (nSPS) is 12.3. The van der Waals surface area contributed by atoms with E-state index in [1.807, 2.05) is 0 Å². The highest BCUT2D eigenvalue weighted by atomic mass is 16.6. The maximum absolute atomic E-state index is 12.9. The van der Waals surface area contributed by atoms with Crippen molar-refractivity contribution in [1.82, 2.24) is 0 Å². The van der Waals surface area contributed by atoms with Crippen molar-refractivity contribution in [2.75, 3.05) is 13.2 Å². The van der Waals surface area contributed by atoms with Crippen molar-refractivity contribution < 1.29 is 28.6 Å². The summed E-state index contributed by atoms with van der Waals surface area (Å²) in [6, 6.07) is 0. The smallest absolute Gasteiger partial charge is 0.306 e. The minimum atomic E-state index is -0.770. The topological polar surface area (TPSA) is 78.9 Å². The monoisotopic (exact) mass is 1060 g/mol. The highest BCUT2D eigenvalue weighted by molar-refractivity contribution is 5.71. The summed E-state index contributed by atoms with van der Waals surface area (Å²) >= 11 is 0. The van der Waals surface area contributed by atoms with E-state index < -0.39 is 6.10 Å². The Morgan fingerprint density at radius 3 is 0.803 bits per heavy atom. The summed E-state index contributed by atoms with van der Waals surface area (Å²) < 4.78 is 17.0. The van der Waals surface area contributed by atoms with Gasteiger partial charge in [0.05, 0.1) is 0 Å². The first-order valence-corrected chi connectivity index (χ1v) is 33.6. The van der Waals surface area contributed by atoms with Crippen LogP contribution in [-0.4, -0.2) is 37.2 Å². The number of ether oxygens (including phenoxy) is 3. The van der Waals surface area contributed by atoms with Crippen LogP contribution in [0.2, 0.25) is 0 Å². The molecule has 1 unspecified atom stereocenters. The Hall–Kier alpha value is -2.63. The molecule has 0 aliphatic rings. The van der Waals surface area contributed by atoms with Crippen LogP contribution in [0.1, 0.15) is 361 Å². The zero-order chi connectivity index (χ0) is 55.0. The predicted molar refractivity (Wildman–Crippen MR) is 330 cm³/mol. The number of hydrogen-bond donors (Lipinski definition) is 0. The molecule has 0 rings (SSSR count). The summed E-state index contributed by atoms with van der Waals surface area (Å²) in [5.41, 5.74) is 0. The second kappa shape index (κ2) is 64.9. The lowest BCUT2D eigenvalue weighted by Crippen LogP contribution is -2.30. The Morgan fingerprint density at radius 1 is 0.276 bits per heavy atom. The van der Waals surface area contributed by atoms with Crippen molar-refractivity contribution in [3.63, 3.8) is 0 Å². The second-order valence-corrected chi connectivity index (χ2v) is 22.7. The lowest BCUT2D eigenvalue weighted by atomic mass is 10.0. The minimum absolute atomic E-state index is 0.0671. The number of allylic oxidation sites excluding steroid dienone is 8. The standard InChI is InChI=1S/C70H128O6/c1-4-7-10-13-16-19-22-25-28-30-32-33-34-35-36-37-38-40-42-45-48-51-54-57-60-63-69(72)75-66-67(65-74-68(71)62-59-56-53-50-47-44-41-27-24-21-18-15-12-9-6-3)76-70(73)64-61-58-55-52-49-46-43-39-31-29-26-23-20-17-14-11-8-5-2/h7,10,16,19,25,28,32-33,67H,4-6,8-9,11-15,17-18,20-24,26-27,29-31,34-66H2,1-3H3/b10-7-,19-16-,28-25-,33-32-. The van der Waals surface area contributed by atoms with E-state index >= 15 is 0 Å². The molecule has 444 valence electrons. The number of esters is 3. The van der Waals surface area contributed by atoms with Crippen LogP contribution >= 0.6 is 0 Å². The van der Waals surface area contributed by atoms with E-state index in [4.69, 9.17) is 14.2 Å². The molecule has 0 aromatic rings. The average Bonchev–Trinajstić information content (AvgIpc) is 3.42. The van der Waals surface area contributed by atoms with E-state index in [0.717, 1.165) is 83.5 Å². The summed E-state index contributed by atoms with van der Waals surface area (Å²) in [5.74, 6) is -0.841. The molecule has 0 saturated heterocycles. The van der Waals surface area contributed by atoms with Gasteiger partial charge in [0, 0.05) is 19.3 Å². The SMILES string of the molecule is CC/C=C\C/C=C\C/C=C\C/C=C\CCCCCCCCCCCCCCC(=O)OCC(COC(=O)CCCCCCCCCCCCCCCCC)OC(=O)CCCCCCCCCCCCCCCCCCCC. The Morgan fingerprint density at radius 2 is 0.513 bits per heavy atom. The molecule has 6 heteroatoms. The van der Waals surface area contributed by atoms with Gasteiger partial charge in [-0.05, 0) is 57.8 Å². The highest BCUT2D eigenvalue weighted by Gasteiger charge is 2.19. The van der Waals surface area contributed by atoms with Gasteiger partial charge < -0.3 is 14.2 Å². The van der Waals surface area contributed by atoms with Crippen LogP contribution < -0.4 is 0 Å². The summed E-state index contributed by atoms with van der Waals surface area (Å²) in [7, 11) is 0. The van der Waals surface area contributed by atoms with Crippen LogP contribution in [0.25, 0.3) is 0 Å². The number of carbonyl (C=O) groups is 3. The van der Waals surface area contributed by atoms with Gasteiger partial charge in [-0.1, -0.05) is 333 Å². The number of carbonyl (C=O) groups excluding carboxylic acids is 3. The fraction of sp³-hybridized carbons (Fsp3) is 0.843. The molecule has 0 heterocycles. The maximum atomic E-state index is 12.9. The summed E-state index contributed by atoms with van der Waals surface area (Å²) in [4.78, 5) is 38.4. The number of hydrogen-bond acceptors (Lipinski definition) is 6. The lowest BCUT2D eigenvalue weighted by molar-refractivity contribution is -0.167. The molecule has 1 atom stereocenters. The molecule has 6 nitrogen and oxygen atoms in total. The van der Waals surface area contributed by atoms with Gasteiger partial charge in [-0.25, -0.2) is 0 Å². The van der Waals surface area contributed by atoms with Crippen molar-refractivity contribution in [1.29, 1.82) is 0 Å². The van der Waals surface area contributed by atoms with Gasteiger partial charge in [-0.3, -0.25) is 14.4 Å². The minimum Gasteiger partial charge on any atom is -0.462 e. The zero-order valence-corrected chi connectivity index (χ0v) is 51.0.